The molecule has 0 heterocycles. The lowest BCUT2D eigenvalue weighted by Gasteiger charge is -2.41. The zero-order valence-corrected chi connectivity index (χ0v) is 37.0. The molecule has 0 saturated heterocycles. The molecule has 0 aromatic heterocycles. The minimum atomic E-state index is -5.16. The summed E-state index contributed by atoms with van der Waals surface area (Å²) in [4.78, 5) is 35.6. The summed E-state index contributed by atoms with van der Waals surface area (Å²) in [6.07, 6.45) is 24.4. The van der Waals surface area contributed by atoms with Crippen LogP contribution in [0.3, 0.4) is 0 Å². The van der Waals surface area contributed by atoms with Crippen LogP contribution in [-0.4, -0.2) is 110 Å². The minimum Gasteiger partial charge on any atom is -0.462 e. The summed E-state index contributed by atoms with van der Waals surface area (Å²) in [6, 6.07) is 0. The lowest BCUT2D eigenvalue weighted by atomic mass is 9.85. The van der Waals surface area contributed by atoms with Crippen LogP contribution in [0.15, 0.2) is 60.8 Å². The zero-order valence-electron chi connectivity index (χ0n) is 36.1. The van der Waals surface area contributed by atoms with Crippen LogP contribution >= 0.6 is 7.82 Å². The Morgan fingerprint density at radius 1 is 0.600 bits per heavy atom. The van der Waals surface area contributed by atoms with Gasteiger partial charge in [0.1, 0.15) is 43.2 Å². The summed E-state index contributed by atoms with van der Waals surface area (Å²) in [6.45, 7) is 3.06. The van der Waals surface area contributed by atoms with Crippen molar-refractivity contribution in [2.45, 2.75) is 198 Å². The van der Waals surface area contributed by atoms with Gasteiger partial charge in [0.05, 0.1) is 12.7 Å². The number of unbranched alkanes of at least 4 members (excludes halogenated alkanes) is 12. The average molecular weight is 873 g/mol. The van der Waals surface area contributed by atoms with E-state index in [9.17, 15) is 49.7 Å². The van der Waals surface area contributed by atoms with Crippen molar-refractivity contribution < 1.29 is 68.2 Å². The summed E-state index contributed by atoms with van der Waals surface area (Å²) in [5.41, 5.74) is 0. The van der Waals surface area contributed by atoms with E-state index in [2.05, 4.69) is 50.3 Å². The van der Waals surface area contributed by atoms with Gasteiger partial charge in [-0.05, 0) is 70.6 Å². The van der Waals surface area contributed by atoms with Crippen molar-refractivity contribution in [2.24, 2.45) is 0 Å². The molecule has 0 aromatic rings. The van der Waals surface area contributed by atoms with Crippen LogP contribution < -0.4 is 0 Å². The lowest BCUT2D eigenvalue weighted by molar-refractivity contribution is -0.220. The number of phosphoric acid groups is 1. The third-order valence-corrected chi connectivity index (χ3v) is 10.9. The molecule has 0 aliphatic heterocycles. The van der Waals surface area contributed by atoms with Gasteiger partial charge in [-0.25, -0.2) is 4.57 Å². The van der Waals surface area contributed by atoms with Crippen LogP contribution in [0.25, 0.3) is 0 Å². The predicted molar refractivity (Wildman–Crippen MR) is 232 cm³/mol. The number of carbonyl (C=O) groups excluding carboxylic acids is 2. The van der Waals surface area contributed by atoms with Crippen molar-refractivity contribution in [3.63, 3.8) is 0 Å². The third kappa shape index (κ3) is 27.5. The molecule has 346 valence electrons. The van der Waals surface area contributed by atoms with E-state index in [1.165, 1.54) is 44.9 Å². The highest BCUT2D eigenvalue weighted by molar-refractivity contribution is 7.47. The van der Waals surface area contributed by atoms with E-state index < -0.39 is 81.8 Å². The standard InChI is InChI=1S/C45H77O14P/c1-3-5-7-9-11-13-15-17-19-21-23-25-27-30-36(46)31-29-33-38(47)56-34-37(35-57-60(54,55)59-45-43(52)41(50)40(49)42(51)44(45)53)58-39(48)32-28-26-24-22-20-18-16-14-12-10-8-6-4-2/h11,13-14,16-17,19,23,25,27,30,36-37,40-46,49-53H,3-10,12,15,18,20-22,24,26,28-29,31-35H2,1-2H3,(H,54,55)/b13-11-,16-14-,19-17-,25-23-,30-27+/t36-,37-,40?,41-,42+,43-,44-,45?/m1/s1. The average Bonchev–Trinajstić information content (AvgIpc) is 3.22. The molecule has 14 nitrogen and oxygen atoms in total. The lowest BCUT2D eigenvalue weighted by Crippen LogP contribution is -2.64. The topological polar surface area (TPSA) is 230 Å². The Morgan fingerprint density at radius 2 is 1.10 bits per heavy atom. The van der Waals surface area contributed by atoms with Crippen molar-refractivity contribution in [3.05, 3.63) is 60.8 Å². The number of allylic oxidation sites excluding steroid dienone is 9. The molecule has 15 heteroatoms. The zero-order chi connectivity index (χ0) is 44.4. The Balaban J connectivity index is 2.58. The summed E-state index contributed by atoms with van der Waals surface area (Å²) >= 11 is 0. The van der Waals surface area contributed by atoms with Crippen molar-refractivity contribution in [1.29, 1.82) is 0 Å². The number of ether oxygens (including phenoxy) is 2. The molecule has 1 aliphatic rings. The van der Waals surface area contributed by atoms with E-state index in [1.54, 1.807) is 12.2 Å². The van der Waals surface area contributed by atoms with Gasteiger partial charge in [0.2, 0.25) is 0 Å². The van der Waals surface area contributed by atoms with Crippen molar-refractivity contribution in [3.8, 4) is 0 Å². The Bertz CT molecular complexity index is 1300. The van der Waals surface area contributed by atoms with Crippen LogP contribution in [0.4, 0.5) is 0 Å². The maximum atomic E-state index is 12.8. The smallest absolute Gasteiger partial charge is 0.462 e. The number of aliphatic hydroxyl groups is 6. The van der Waals surface area contributed by atoms with E-state index in [1.807, 2.05) is 12.2 Å². The summed E-state index contributed by atoms with van der Waals surface area (Å²) < 4.78 is 33.3. The van der Waals surface area contributed by atoms with Gasteiger partial charge in [-0.15, -0.1) is 0 Å². The highest BCUT2D eigenvalue weighted by Crippen LogP contribution is 2.47. The maximum Gasteiger partial charge on any atom is 0.472 e. The molecule has 9 atom stereocenters. The predicted octanol–water partition coefficient (Wildman–Crippen LogP) is 7.14. The van der Waals surface area contributed by atoms with Gasteiger partial charge in [-0.1, -0.05) is 126 Å². The molecule has 1 aliphatic carbocycles. The first-order chi connectivity index (χ1) is 28.8. The summed E-state index contributed by atoms with van der Waals surface area (Å²) in [7, 11) is -5.16. The quantitative estimate of drug-likeness (QED) is 0.0110. The molecule has 0 radical (unpaired) electrons. The van der Waals surface area contributed by atoms with Crippen molar-refractivity contribution >= 4 is 19.8 Å². The second-order valence-corrected chi connectivity index (χ2v) is 16.8. The number of aliphatic hydroxyl groups excluding tert-OH is 6. The molecule has 0 amide bonds. The first-order valence-corrected chi connectivity index (χ1v) is 23.7. The van der Waals surface area contributed by atoms with Crippen molar-refractivity contribution in [1.82, 2.24) is 0 Å². The normalized spacial score (nSPS) is 23.3. The Morgan fingerprint density at radius 3 is 1.75 bits per heavy atom. The van der Waals surface area contributed by atoms with Crippen LogP contribution in [-0.2, 0) is 32.7 Å². The Labute approximate surface area is 358 Å². The Hall–Kier alpha value is -2.49. The first-order valence-electron chi connectivity index (χ1n) is 22.2. The number of carbonyl (C=O) groups is 2. The molecule has 1 rings (SSSR count). The van der Waals surface area contributed by atoms with E-state index >= 15 is 0 Å². The van der Waals surface area contributed by atoms with Crippen LogP contribution in [0.2, 0.25) is 0 Å². The molecule has 0 bridgehead atoms. The van der Waals surface area contributed by atoms with Crippen LogP contribution in [0.5, 0.6) is 0 Å². The Kier molecular flexibility index (Phi) is 32.4. The third-order valence-electron chi connectivity index (χ3n) is 9.94. The van der Waals surface area contributed by atoms with Gasteiger partial charge in [-0.2, -0.15) is 0 Å². The van der Waals surface area contributed by atoms with E-state index in [4.69, 9.17) is 18.5 Å². The van der Waals surface area contributed by atoms with Crippen molar-refractivity contribution in [2.75, 3.05) is 13.2 Å². The maximum absolute atomic E-state index is 12.8. The van der Waals surface area contributed by atoms with Gasteiger partial charge in [-0.3, -0.25) is 18.6 Å². The number of rotatable bonds is 35. The molecular weight excluding hydrogens is 795 g/mol. The number of hydrogen-bond donors (Lipinski definition) is 7. The molecule has 1 saturated carbocycles. The minimum absolute atomic E-state index is 0.0438. The van der Waals surface area contributed by atoms with E-state index in [-0.39, 0.29) is 25.7 Å². The van der Waals surface area contributed by atoms with Gasteiger partial charge in [0, 0.05) is 12.8 Å². The largest absolute Gasteiger partial charge is 0.472 e. The summed E-state index contributed by atoms with van der Waals surface area (Å²) in [5.74, 6) is -1.32. The highest BCUT2D eigenvalue weighted by atomic mass is 31.2. The fraction of sp³-hybridized carbons (Fsp3) is 0.733. The molecule has 7 N–H and O–H groups in total. The number of esters is 2. The van der Waals surface area contributed by atoms with Gasteiger partial charge >= 0.3 is 19.8 Å². The van der Waals surface area contributed by atoms with E-state index in [0.29, 0.717) is 6.42 Å². The fourth-order valence-electron chi connectivity index (χ4n) is 6.27. The number of hydrogen-bond acceptors (Lipinski definition) is 13. The second-order valence-electron chi connectivity index (χ2n) is 15.4. The second kappa shape index (κ2) is 35.0. The molecular formula is C45H77O14P. The summed E-state index contributed by atoms with van der Waals surface area (Å²) in [5, 5.41) is 60.4. The van der Waals surface area contributed by atoms with Crippen LogP contribution in [0.1, 0.15) is 149 Å². The molecule has 0 spiro atoms. The van der Waals surface area contributed by atoms with Crippen LogP contribution in [0, 0.1) is 0 Å². The first kappa shape index (κ1) is 55.5. The highest BCUT2D eigenvalue weighted by Gasteiger charge is 2.51. The fourth-order valence-corrected chi connectivity index (χ4v) is 7.24. The molecule has 0 aromatic carbocycles. The molecule has 1 fully saturated rings. The molecule has 3 unspecified atom stereocenters. The van der Waals surface area contributed by atoms with Gasteiger partial charge in [0.15, 0.2) is 6.10 Å². The molecule has 60 heavy (non-hydrogen) atoms. The van der Waals surface area contributed by atoms with E-state index in [0.717, 1.165) is 57.8 Å². The number of phosphoric ester groups is 1. The van der Waals surface area contributed by atoms with Gasteiger partial charge < -0.3 is 45.0 Å². The SMILES string of the molecule is CCCCC/C=C\C/C=C\C/C=C\C=C\[C@@H](O)CCCC(=O)OC[C@H](COP(=O)(O)OC1[C@H](O)[C@H](O)C(O)[C@H](O)[C@H]1O)OC(=O)CCCCCCC/C=C\CCCCCC. The van der Waals surface area contributed by atoms with Gasteiger partial charge in [0.25, 0.3) is 0 Å². The monoisotopic (exact) mass is 873 g/mol.